The number of aliphatic carboxylic acids is 1. The van der Waals surface area contributed by atoms with Gasteiger partial charge in [0.2, 0.25) is 0 Å². The van der Waals surface area contributed by atoms with Crippen molar-refractivity contribution in [3.8, 4) is 11.1 Å². The number of benzene rings is 2. The van der Waals surface area contributed by atoms with Crippen LogP contribution in [0.3, 0.4) is 0 Å². The highest BCUT2D eigenvalue weighted by Gasteiger charge is 2.41. The van der Waals surface area contributed by atoms with Crippen molar-refractivity contribution in [2.45, 2.75) is 43.7 Å². The van der Waals surface area contributed by atoms with E-state index >= 15 is 0 Å². The van der Waals surface area contributed by atoms with Crippen LogP contribution in [0.5, 0.6) is 0 Å². The third-order valence-corrected chi connectivity index (χ3v) is 6.72. The van der Waals surface area contributed by atoms with E-state index < -0.39 is 23.5 Å². The van der Waals surface area contributed by atoms with Gasteiger partial charge >= 0.3 is 12.1 Å². The van der Waals surface area contributed by atoms with Crippen molar-refractivity contribution >= 4 is 18.0 Å². The molecule has 3 N–H and O–H groups in total. The van der Waals surface area contributed by atoms with Gasteiger partial charge in [-0.15, -0.1) is 0 Å². The average molecular weight is 476 g/mol. The first-order valence-electron chi connectivity index (χ1n) is 11.5. The van der Waals surface area contributed by atoms with E-state index in [0.29, 0.717) is 12.8 Å². The quantitative estimate of drug-likeness (QED) is 0.451. The fourth-order valence-corrected chi connectivity index (χ4v) is 4.86. The van der Waals surface area contributed by atoms with Crippen molar-refractivity contribution in [3.05, 3.63) is 77.2 Å². The van der Waals surface area contributed by atoms with Gasteiger partial charge in [0.1, 0.15) is 6.61 Å². The number of carbonyl (C=O) groups is 3. The highest BCUT2D eigenvalue weighted by Crippen LogP contribution is 2.44. The van der Waals surface area contributed by atoms with Crippen molar-refractivity contribution in [1.82, 2.24) is 15.8 Å². The van der Waals surface area contributed by atoms with Gasteiger partial charge in [0.15, 0.2) is 11.5 Å². The normalized spacial score (nSPS) is 15.4. The Morgan fingerprint density at radius 1 is 1.06 bits per heavy atom. The lowest BCUT2D eigenvalue weighted by Gasteiger charge is -2.41. The van der Waals surface area contributed by atoms with Gasteiger partial charge in [0, 0.05) is 12.0 Å². The lowest BCUT2D eigenvalue weighted by molar-refractivity contribution is -0.139. The molecule has 0 saturated heterocycles. The summed E-state index contributed by atoms with van der Waals surface area (Å²) in [6, 6.07) is 17.6. The molecule has 9 heteroatoms. The van der Waals surface area contributed by atoms with Gasteiger partial charge in [-0.25, -0.2) is 4.79 Å². The minimum atomic E-state index is -0.960. The maximum atomic E-state index is 12.5. The Labute approximate surface area is 201 Å². The number of amides is 2. The second-order valence-corrected chi connectivity index (χ2v) is 9.02. The highest BCUT2D eigenvalue weighted by molar-refractivity contribution is 5.93. The summed E-state index contributed by atoms with van der Waals surface area (Å²) in [5.41, 5.74) is 3.85. The maximum absolute atomic E-state index is 12.5. The number of aromatic nitrogens is 1. The van der Waals surface area contributed by atoms with Gasteiger partial charge in [-0.3, -0.25) is 9.59 Å². The van der Waals surface area contributed by atoms with Crippen molar-refractivity contribution < 1.29 is 28.8 Å². The molecule has 2 aromatic carbocycles. The molecule has 1 saturated carbocycles. The molecule has 1 heterocycles. The highest BCUT2D eigenvalue weighted by atomic mass is 16.5. The summed E-state index contributed by atoms with van der Waals surface area (Å²) in [4.78, 5) is 35.9. The standard InChI is InChI=1S/C26H25N3O6/c30-23(31)13-26(10-5-11-26)28-24(32)22-12-16(35-29-22)14-27-25(33)34-15-21-19-8-3-1-6-17(19)18-7-2-4-9-20(18)21/h1-4,6-9,12,21H,5,10-11,13-15H2,(H,27,33)(H,28,32)(H,30,31). The molecule has 35 heavy (non-hydrogen) atoms. The molecule has 2 aliphatic carbocycles. The largest absolute Gasteiger partial charge is 0.481 e. The SMILES string of the molecule is O=C(O)CC1(NC(=O)c2cc(CNC(=O)OCC3c4ccccc4-c4ccccc43)on2)CCC1. The Hall–Kier alpha value is -4.14. The van der Waals surface area contributed by atoms with Crippen molar-refractivity contribution in [3.63, 3.8) is 0 Å². The number of carbonyl (C=O) groups excluding carboxylic acids is 2. The summed E-state index contributed by atoms with van der Waals surface area (Å²) >= 11 is 0. The van der Waals surface area contributed by atoms with E-state index in [4.69, 9.17) is 14.4 Å². The summed E-state index contributed by atoms with van der Waals surface area (Å²) in [5.74, 6) is -1.22. The molecule has 0 atom stereocenters. The summed E-state index contributed by atoms with van der Waals surface area (Å²) in [6.07, 6.45) is 1.34. The number of alkyl carbamates (subject to hydrolysis) is 1. The summed E-state index contributed by atoms with van der Waals surface area (Å²) in [7, 11) is 0. The number of ether oxygens (including phenoxy) is 1. The number of carboxylic acids is 1. The number of carboxylic acid groups (broad SMARTS) is 1. The molecule has 5 rings (SSSR count). The van der Waals surface area contributed by atoms with E-state index in [0.717, 1.165) is 28.7 Å². The van der Waals surface area contributed by atoms with E-state index in [1.54, 1.807) is 0 Å². The molecular formula is C26H25N3O6. The van der Waals surface area contributed by atoms with Crippen LogP contribution in [0, 0.1) is 0 Å². The Morgan fingerprint density at radius 3 is 2.31 bits per heavy atom. The molecule has 1 aromatic heterocycles. The predicted octanol–water partition coefficient (Wildman–Crippen LogP) is 3.84. The van der Waals surface area contributed by atoms with Crippen LogP contribution >= 0.6 is 0 Å². The van der Waals surface area contributed by atoms with E-state index in [1.165, 1.54) is 6.07 Å². The third kappa shape index (κ3) is 4.62. The van der Waals surface area contributed by atoms with E-state index in [9.17, 15) is 14.4 Å². The molecule has 9 nitrogen and oxygen atoms in total. The Kier molecular flexibility index (Phi) is 5.98. The molecule has 0 aliphatic heterocycles. The van der Waals surface area contributed by atoms with Gasteiger partial charge in [0.05, 0.1) is 18.5 Å². The monoisotopic (exact) mass is 475 g/mol. The molecule has 180 valence electrons. The zero-order valence-electron chi connectivity index (χ0n) is 19.0. The van der Waals surface area contributed by atoms with Gasteiger partial charge in [-0.1, -0.05) is 53.7 Å². The summed E-state index contributed by atoms with van der Waals surface area (Å²) < 4.78 is 10.7. The van der Waals surface area contributed by atoms with Crippen LogP contribution in [0.25, 0.3) is 11.1 Å². The van der Waals surface area contributed by atoms with Crippen LogP contribution in [-0.2, 0) is 16.1 Å². The van der Waals surface area contributed by atoms with Crippen molar-refractivity contribution in [1.29, 1.82) is 0 Å². The van der Waals surface area contributed by atoms with Gasteiger partial charge < -0.3 is 25.0 Å². The molecule has 0 radical (unpaired) electrons. The van der Waals surface area contributed by atoms with Crippen LogP contribution in [0.4, 0.5) is 4.79 Å². The Morgan fingerprint density at radius 2 is 1.71 bits per heavy atom. The predicted molar refractivity (Wildman–Crippen MR) is 125 cm³/mol. The van der Waals surface area contributed by atoms with Crippen molar-refractivity contribution in [2.75, 3.05) is 6.61 Å². The zero-order valence-corrected chi connectivity index (χ0v) is 19.0. The number of hydrogen-bond donors (Lipinski definition) is 3. The van der Waals surface area contributed by atoms with Crippen LogP contribution < -0.4 is 10.6 Å². The van der Waals surface area contributed by atoms with Gasteiger partial charge in [0.25, 0.3) is 5.91 Å². The zero-order chi connectivity index (χ0) is 24.4. The van der Waals surface area contributed by atoms with Crippen molar-refractivity contribution in [2.24, 2.45) is 0 Å². The molecule has 0 unspecified atom stereocenters. The van der Waals surface area contributed by atoms with Crippen LogP contribution in [0.15, 0.2) is 59.1 Å². The first kappa shape index (κ1) is 22.6. The van der Waals surface area contributed by atoms with Crippen LogP contribution in [0.1, 0.15) is 59.0 Å². The molecule has 2 amide bonds. The molecule has 0 spiro atoms. The van der Waals surface area contributed by atoms with E-state index in [1.807, 2.05) is 36.4 Å². The minimum absolute atomic E-state index is 0.00276. The number of nitrogens with one attached hydrogen (secondary N) is 2. The molecule has 2 aliphatic rings. The molecule has 1 fully saturated rings. The maximum Gasteiger partial charge on any atom is 0.407 e. The third-order valence-electron chi connectivity index (χ3n) is 6.72. The average Bonchev–Trinajstić information content (AvgIpc) is 3.43. The van der Waals surface area contributed by atoms with Gasteiger partial charge in [-0.05, 0) is 41.5 Å². The van der Waals surface area contributed by atoms with Crippen LogP contribution in [0.2, 0.25) is 0 Å². The lowest BCUT2D eigenvalue weighted by Crippen LogP contribution is -2.54. The number of nitrogens with zero attached hydrogens (tertiary/aromatic N) is 1. The second kappa shape index (κ2) is 9.25. The number of fused-ring (bicyclic) bond motifs is 3. The Bertz CT molecular complexity index is 1230. The lowest BCUT2D eigenvalue weighted by atomic mass is 9.74. The molecule has 0 bridgehead atoms. The number of hydrogen-bond acceptors (Lipinski definition) is 6. The fourth-order valence-electron chi connectivity index (χ4n) is 4.86. The van der Waals surface area contributed by atoms with E-state index in [-0.39, 0.29) is 36.9 Å². The number of rotatable bonds is 8. The Balaban J connectivity index is 1.14. The minimum Gasteiger partial charge on any atom is -0.481 e. The second-order valence-electron chi connectivity index (χ2n) is 9.02. The topological polar surface area (TPSA) is 131 Å². The summed E-state index contributed by atoms with van der Waals surface area (Å²) in [6.45, 7) is 0.187. The molecular weight excluding hydrogens is 450 g/mol. The van der Waals surface area contributed by atoms with Gasteiger partial charge in [-0.2, -0.15) is 0 Å². The molecule has 3 aromatic rings. The van der Waals surface area contributed by atoms with E-state index in [2.05, 4.69) is 27.9 Å². The summed E-state index contributed by atoms with van der Waals surface area (Å²) in [5, 5.41) is 18.2. The smallest absolute Gasteiger partial charge is 0.407 e. The first-order chi connectivity index (χ1) is 16.9. The first-order valence-corrected chi connectivity index (χ1v) is 11.5. The fraction of sp³-hybridized carbons (Fsp3) is 0.308. The van der Waals surface area contributed by atoms with Crippen LogP contribution in [-0.4, -0.2) is 40.4 Å².